The highest BCUT2D eigenvalue weighted by Crippen LogP contribution is 2.36. The molecule has 3 heterocycles. The summed E-state index contributed by atoms with van der Waals surface area (Å²) in [7, 11) is 1.61. The van der Waals surface area contributed by atoms with Gasteiger partial charge in [0, 0.05) is 37.1 Å². The predicted octanol–water partition coefficient (Wildman–Crippen LogP) is 1.58. The van der Waals surface area contributed by atoms with Crippen molar-refractivity contribution < 1.29 is 14.3 Å². The molecular weight excluding hydrogens is 320 g/mol. The number of carbonyl (C=O) groups excluding carboxylic acids is 1. The molecule has 0 saturated carbocycles. The number of hydrogen-bond donors (Lipinski definition) is 3. The molecule has 4 rings (SSSR count). The average Bonchev–Trinajstić information content (AvgIpc) is 3.12. The number of amides is 1. The largest absolute Gasteiger partial charge is 0.497 e. The van der Waals surface area contributed by atoms with E-state index in [1.807, 2.05) is 24.3 Å². The molecule has 1 aromatic carbocycles. The summed E-state index contributed by atoms with van der Waals surface area (Å²) in [6.07, 6.45) is 3.93. The molecule has 7 heteroatoms. The van der Waals surface area contributed by atoms with Gasteiger partial charge in [-0.15, -0.1) is 0 Å². The lowest BCUT2D eigenvalue weighted by Crippen LogP contribution is -2.59. The summed E-state index contributed by atoms with van der Waals surface area (Å²) < 4.78 is 10.7. The first-order valence-electron chi connectivity index (χ1n) is 8.53. The summed E-state index contributed by atoms with van der Waals surface area (Å²) in [5.41, 5.74) is 2.50. The van der Waals surface area contributed by atoms with Crippen LogP contribution in [0.25, 0.3) is 0 Å². The Bertz CT molecular complexity index is 767. The third-order valence-corrected chi connectivity index (χ3v) is 5.03. The first kappa shape index (κ1) is 16.1. The third kappa shape index (κ3) is 3.01. The zero-order chi connectivity index (χ0) is 17.3. The maximum Gasteiger partial charge on any atom is 0.241 e. The van der Waals surface area contributed by atoms with Crippen LogP contribution < -0.4 is 15.4 Å². The highest BCUT2D eigenvalue weighted by Gasteiger charge is 2.44. The van der Waals surface area contributed by atoms with E-state index in [9.17, 15) is 4.79 Å². The van der Waals surface area contributed by atoms with Gasteiger partial charge in [0.2, 0.25) is 5.91 Å². The lowest BCUT2D eigenvalue weighted by Gasteiger charge is -2.43. The fourth-order valence-corrected chi connectivity index (χ4v) is 3.74. The average molecular weight is 342 g/mol. The summed E-state index contributed by atoms with van der Waals surface area (Å²) in [5, 5.41) is 6.54. The van der Waals surface area contributed by atoms with E-state index in [0.717, 1.165) is 29.9 Å². The molecule has 0 radical (unpaired) electrons. The minimum absolute atomic E-state index is 0.0561. The predicted molar refractivity (Wildman–Crippen MR) is 92.6 cm³/mol. The van der Waals surface area contributed by atoms with Crippen LogP contribution >= 0.6 is 0 Å². The number of methoxy groups -OCH3 is 1. The number of imidazole rings is 1. The molecule has 1 fully saturated rings. The Kier molecular flexibility index (Phi) is 4.19. The number of ether oxygens (including phenoxy) is 2. The van der Waals surface area contributed by atoms with Gasteiger partial charge in [-0.05, 0) is 25.0 Å². The van der Waals surface area contributed by atoms with Gasteiger partial charge in [0.05, 0.1) is 30.7 Å². The van der Waals surface area contributed by atoms with Gasteiger partial charge >= 0.3 is 0 Å². The van der Waals surface area contributed by atoms with E-state index in [1.54, 1.807) is 13.4 Å². The molecule has 2 aliphatic heterocycles. The first-order valence-corrected chi connectivity index (χ1v) is 8.53. The minimum atomic E-state index is -0.322. The number of nitrogens with zero attached hydrogens (tertiary/aromatic N) is 1. The van der Waals surface area contributed by atoms with Gasteiger partial charge in [-0.3, -0.25) is 10.1 Å². The number of rotatable bonds is 3. The molecule has 0 aliphatic carbocycles. The number of carbonyl (C=O) groups is 1. The Balaban J connectivity index is 1.55. The van der Waals surface area contributed by atoms with E-state index in [-0.39, 0.29) is 17.5 Å². The van der Waals surface area contributed by atoms with Crippen molar-refractivity contribution in [2.75, 3.05) is 25.6 Å². The topological polar surface area (TPSA) is 88.3 Å². The van der Waals surface area contributed by atoms with Crippen LogP contribution in [-0.4, -0.2) is 42.2 Å². The molecule has 1 atom stereocenters. The van der Waals surface area contributed by atoms with Crippen molar-refractivity contribution in [2.24, 2.45) is 0 Å². The highest BCUT2D eigenvalue weighted by atomic mass is 16.5. The maximum absolute atomic E-state index is 12.8. The van der Waals surface area contributed by atoms with E-state index < -0.39 is 0 Å². The second-order valence-electron chi connectivity index (χ2n) is 6.55. The molecule has 0 bridgehead atoms. The quantitative estimate of drug-likeness (QED) is 0.788. The van der Waals surface area contributed by atoms with Crippen LogP contribution in [0.4, 0.5) is 5.69 Å². The van der Waals surface area contributed by atoms with Crippen LogP contribution in [0.5, 0.6) is 5.75 Å². The van der Waals surface area contributed by atoms with Gasteiger partial charge in [0.25, 0.3) is 0 Å². The molecule has 1 saturated heterocycles. The van der Waals surface area contributed by atoms with Gasteiger partial charge in [-0.25, -0.2) is 4.98 Å². The molecular formula is C18H22N4O3. The Morgan fingerprint density at radius 1 is 1.40 bits per heavy atom. The number of anilines is 1. The Hall–Kier alpha value is -2.38. The van der Waals surface area contributed by atoms with Crippen molar-refractivity contribution >= 4 is 11.6 Å². The van der Waals surface area contributed by atoms with Gasteiger partial charge in [0.1, 0.15) is 5.75 Å². The molecule has 132 valence electrons. The molecule has 0 unspecified atom stereocenters. The van der Waals surface area contributed by atoms with Crippen LogP contribution in [0.15, 0.2) is 30.6 Å². The van der Waals surface area contributed by atoms with Gasteiger partial charge < -0.3 is 19.8 Å². The fourth-order valence-electron chi connectivity index (χ4n) is 3.74. The number of H-pyrrole nitrogens is 1. The molecule has 7 nitrogen and oxygen atoms in total. The summed E-state index contributed by atoms with van der Waals surface area (Å²) in [6, 6.07) is 7.05. The molecule has 2 aliphatic rings. The SMILES string of the molecule is COc1cccc(NC(=O)[C@@H]2Cc3[nH]cnc3C3(CCOCC3)N2)c1. The second kappa shape index (κ2) is 6.50. The Morgan fingerprint density at radius 3 is 3.04 bits per heavy atom. The standard InChI is InChI=1S/C18H22N4O3/c1-24-13-4-2-3-12(9-13)21-17(23)15-10-14-16(20-11-19-14)18(22-15)5-7-25-8-6-18/h2-4,9,11,15,22H,5-8,10H2,1H3,(H,19,20)(H,21,23)/t15-/m0/s1. The van der Waals surface area contributed by atoms with Crippen LogP contribution in [0, 0.1) is 0 Å². The third-order valence-electron chi connectivity index (χ3n) is 5.03. The van der Waals surface area contributed by atoms with Gasteiger partial charge in [-0.2, -0.15) is 0 Å². The highest BCUT2D eigenvalue weighted by molar-refractivity contribution is 5.95. The molecule has 1 aromatic heterocycles. The number of aromatic amines is 1. The summed E-state index contributed by atoms with van der Waals surface area (Å²) in [6.45, 7) is 1.34. The van der Waals surface area contributed by atoms with Crippen molar-refractivity contribution in [1.29, 1.82) is 0 Å². The first-order chi connectivity index (χ1) is 12.2. The van der Waals surface area contributed by atoms with Crippen molar-refractivity contribution in [1.82, 2.24) is 15.3 Å². The molecule has 1 spiro atoms. The summed E-state index contributed by atoms with van der Waals surface area (Å²) in [4.78, 5) is 20.6. The monoisotopic (exact) mass is 342 g/mol. The number of benzene rings is 1. The van der Waals surface area contributed by atoms with Crippen LogP contribution in [0.3, 0.4) is 0 Å². The van der Waals surface area contributed by atoms with Crippen molar-refractivity contribution in [3.63, 3.8) is 0 Å². The zero-order valence-corrected chi connectivity index (χ0v) is 14.2. The molecule has 2 aromatic rings. The normalized spacial score (nSPS) is 21.6. The molecule has 25 heavy (non-hydrogen) atoms. The molecule has 3 N–H and O–H groups in total. The van der Waals surface area contributed by atoms with E-state index in [0.29, 0.717) is 25.4 Å². The van der Waals surface area contributed by atoms with E-state index >= 15 is 0 Å². The number of hydrogen-bond acceptors (Lipinski definition) is 5. The van der Waals surface area contributed by atoms with Crippen LogP contribution in [0.1, 0.15) is 24.2 Å². The van der Waals surface area contributed by atoms with Crippen LogP contribution in [-0.2, 0) is 21.5 Å². The van der Waals surface area contributed by atoms with Crippen molar-refractivity contribution in [3.05, 3.63) is 42.0 Å². The Labute approximate surface area is 146 Å². The van der Waals surface area contributed by atoms with Gasteiger partial charge in [0.15, 0.2) is 0 Å². The van der Waals surface area contributed by atoms with Crippen molar-refractivity contribution in [2.45, 2.75) is 30.8 Å². The summed E-state index contributed by atoms with van der Waals surface area (Å²) >= 11 is 0. The van der Waals surface area contributed by atoms with Crippen LogP contribution in [0.2, 0.25) is 0 Å². The zero-order valence-electron chi connectivity index (χ0n) is 14.2. The molecule has 1 amide bonds. The lowest BCUT2D eigenvalue weighted by atomic mass is 9.80. The second-order valence-corrected chi connectivity index (χ2v) is 6.55. The van der Waals surface area contributed by atoms with E-state index in [2.05, 4.69) is 20.6 Å². The Morgan fingerprint density at radius 2 is 2.24 bits per heavy atom. The summed E-state index contributed by atoms with van der Waals surface area (Å²) in [5.74, 6) is 0.658. The van der Waals surface area contributed by atoms with E-state index in [1.165, 1.54) is 0 Å². The van der Waals surface area contributed by atoms with E-state index in [4.69, 9.17) is 9.47 Å². The van der Waals surface area contributed by atoms with Gasteiger partial charge in [-0.1, -0.05) is 6.07 Å². The number of aromatic nitrogens is 2. The maximum atomic E-state index is 12.8. The number of nitrogens with one attached hydrogen (secondary N) is 3. The minimum Gasteiger partial charge on any atom is -0.497 e. The number of fused-ring (bicyclic) bond motifs is 2. The lowest BCUT2D eigenvalue weighted by molar-refractivity contribution is -0.119. The van der Waals surface area contributed by atoms with Crippen molar-refractivity contribution in [3.8, 4) is 5.75 Å². The smallest absolute Gasteiger partial charge is 0.241 e. The fraction of sp³-hybridized carbons (Fsp3) is 0.444.